The van der Waals surface area contributed by atoms with Crippen LogP contribution in [-0.4, -0.2) is 133 Å². The number of allylic oxidation sites excluding steroid dienone is 4. The summed E-state index contributed by atoms with van der Waals surface area (Å²) >= 11 is 0. The number of aliphatic hydroxyl groups excluding tert-OH is 1. The molecule has 5 fully saturated rings. The van der Waals surface area contributed by atoms with E-state index in [1.165, 1.54) is 63.3 Å². The zero-order valence-electron chi connectivity index (χ0n) is 48.8. The maximum atomic E-state index is 13.6. The monoisotopic (exact) mass is 1130 g/mol. The summed E-state index contributed by atoms with van der Waals surface area (Å²) in [5.41, 5.74) is 3.63. The normalized spacial score (nSPS) is 29.6. The Morgan fingerprint density at radius 3 is 2.27 bits per heavy atom. The van der Waals surface area contributed by atoms with Crippen LogP contribution in [0.5, 0.6) is 23.0 Å². The number of fused-ring (bicyclic) bond motifs is 7. The molecular formula is C64H86N4O14. The molecule has 4 N–H and O–H groups in total. The highest BCUT2D eigenvalue weighted by molar-refractivity contribution is 6.07. The molecule has 3 heterocycles. The molecule has 1 aromatic heterocycles. The van der Waals surface area contributed by atoms with Gasteiger partial charge in [0.15, 0.2) is 34.6 Å². The molecule has 6 aliphatic rings. The van der Waals surface area contributed by atoms with Gasteiger partial charge in [0.05, 0.1) is 65.7 Å². The SMILES string of the molecule is COc1cc(/C=C/C(=O)/C(Cc2cn(CCCCC(=O)NCCOCCOCCOCC(=O)O[C@H]3CC[C@@]4(C)C(=CC[C@H]5[C@@H]6C[C@@H]7O[C@]8(CC[C@@H](C)CO8)[C@@H](C)[C@@H]7[C@@]6(C)CC[C@@H]54)C3)nn2)=C(O)/C=C/c2ccc(O)c(OC)c2)ccc1O. The maximum absolute atomic E-state index is 13.6. The fourth-order valence-electron chi connectivity index (χ4n) is 14.6. The number of nitrogens with one attached hydrogen (secondary N) is 1. The predicted molar refractivity (Wildman–Crippen MR) is 307 cm³/mol. The highest BCUT2D eigenvalue weighted by atomic mass is 16.7. The average Bonchev–Trinajstić information content (AvgIpc) is 1.73. The van der Waals surface area contributed by atoms with E-state index >= 15 is 0 Å². The molecular weight excluding hydrogens is 1050 g/mol. The average molecular weight is 1140 g/mol. The Bertz CT molecular complexity index is 2830. The second-order valence-electron chi connectivity index (χ2n) is 24.1. The zero-order chi connectivity index (χ0) is 58.0. The largest absolute Gasteiger partial charge is 0.508 e. The second kappa shape index (κ2) is 27.1. The number of amides is 1. The number of methoxy groups -OCH3 is 2. The van der Waals surface area contributed by atoms with Gasteiger partial charge >= 0.3 is 5.97 Å². The lowest BCUT2D eigenvalue weighted by Crippen LogP contribution is -2.52. The molecule has 3 saturated carbocycles. The van der Waals surface area contributed by atoms with Gasteiger partial charge in [-0.1, -0.05) is 68.8 Å². The van der Waals surface area contributed by atoms with Crippen molar-refractivity contribution in [1.82, 2.24) is 20.3 Å². The molecule has 11 atom stereocenters. The molecule has 2 saturated heterocycles. The molecule has 18 nitrogen and oxygen atoms in total. The first-order valence-electron chi connectivity index (χ1n) is 29.7. The van der Waals surface area contributed by atoms with Crippen LogP contribution >= 0.6 is 0 Å². The lowest BCUT2D eigenvalue weighted by molar-refractivity contribution is -0.272. The van der Waals surface area contributed by atoms with Gasteiger partial charge in [0.1, 0.15) is 18.5 Å². The van der Waals surface area contributed by atoms with E-state index in [1.807, 2.05) is 0 Å². The number of unbranched alkanes of at least 4 members (excludes halogenated alkanes) is 1. The number of rotatable bonds is 26. The molecule has 9 rings (SSSR count). The fraction of sp³-hybridized carbons (Fsp3) is 0.609. The third-order valence-corrected chi connectivity index (χ3v) is 19.0. The van der Waals surface area contributed by atoms with Crippen molar-refractivity contribution < 1.29 is 67.6 Å². The van der Waals surface area contributed by atoms with Crippen LogP contribution in [0.15, 0.2) is 77.7 Å². The fourth-order valence-corrected chi connectivity index (χ4v) is 14.6. The summed E-state index contributed by atoms with van der Waals surface area (Å²) in [6.07, 6.45) is 21.5. The minimum atomic E-state index is -0.479. The maximum Gasteiger partial charge on any atom is 0.332 e. The molecule has 4 aliphatic carbocycles. The highest BCUT2D eigenvalue weighted by Crippen LogP contribution is 2.70. The summed E-state index contributed by atoms with van der Waals surface area (Å²) in [7, 11) is 2.86. The van der Waals surface area contributed by atoms with Crippen LogP contribution in [0.3, 0.4) is 0 Å². The minimum Gasteiger partial charge on any atom is -0.508 e. The van der Waals surface area contributed by atoms with Crippen molar-refractivity contribution in [2.24, 2.45) is 46.3 Å². The molecule has 2 aromatic carbocycles. The Labute approximate surface area is 482 Å². The van der Waals surface area contributed by atoms with E-state index in [2.05, 4.69) is 49.4 Å². The third-order valence-electron chi connectivity index (χ3n) is 19.0. The Kier molecular flexibility index (Phi) is 20.0. The van der Waals surface area contributed by atoms with E-state index in [1.54, 1.807) is 47.3 Å². The van der Waals surface area contributed by atoms with Crippen LogP contribution in [-0.2, 0) is 55.8 Å². The number of aryl methyl sites for hydroxylation is 1. The molecule has 0 unspecified atom stereocenters. The van der Waals surface area contributed by atoms with Crippen molar-refractivity contribution in [3.8, 4) is 23.0 Å². The Morgan fingerprint density at radius 2 is 1.56 bits per heavy atom. The highest BCUT2D eigenvalue weighted by Gasteiger charge is 2.68. The van der Waals surface area contributed by atoms with E-state index in [0.29, 0.717) is 117 Å². The van der Waals surface area contributed by atoms with Gasteiger partial charge in [-0.25, -0.2) is 4.79 Å². The molecule has 0 radical (unpaired) electrons. The first-order valence-corrected chi connectivity index (χ1v) is 29.7. The molecule has 1 spiro atoms. The second-order valence-corrected chi connectivity index (χ2v) is 24.1. The minimum absolute atomic E-state index is 0.0319. The van der Waals surface area contributed by atoms with E-state index < -0.39 is 5.78 Å². The first kappa shape index (κ1) is 60.5. The Hall–Kier alpha value is -6.05. The van der Waals surface area contributed by atoms with Crippen LogP contribution in [0.25, 0.3) is 12.2 Å². The zero-order valence-corrected chi connectivity index (χ0v) is 48.8. The lowest BCUT2D eigenvalue weighted by atomic mass is 9.47. The van der Waals surface area contributed by atoms with Gasteiger partial charge in [-0.05, 0) is 146 Å². The third kappa shape index (κ3) is 14.0. The molecule has 3 aromatic rings. The number of nitrogens with zero attached hydrogens (tertiary/aromatic N) is 3. The Balaban J connectivity index is 0.614. The number of ketones is 1. The van der Waals surface area contributed by atoms with Crippen molar-refractivity contribution in [3.63, 3.8) is 0 Å². The van der Waals surface area contributed by atoms with Crippen LogP contribution < -0.4 is 14.8 Å². The van der Waals surface area contributed by atoms with E-state index in [0.717, 1.165) is 45.1 Å². The van der Waals surface area contributed by atoms with Gasteiger partial charge in [0.2, 0.25) is 5.91 Å². The van der Waals surface area contributed by atoms with Gasteiger partial charge in [-0.15, -0.1) is 5.10 Å². The number of aliphatic hydroxyl groups is 1. The Morgan fingerprint density at radius 1 is 0.854 bits per heavy atom. The number of aromatic nitrogens is 3. The van der Waals surface area contributed by atoms with Gasteiger partial charge < -0.3 is 58.5 Å². The molecule has 1 amide bonds. The van der Waals surface area contributed by atoms with Crippen LogP contribution in [0, 0.1) is 46.3 Å². The number of hydrogen-bond acceptors (Lipinski definition) is 16. The first-order chi connectivity index (χ1) is 39.5. The summed E-state index contributed by atoms with van der Waals surface area (Å²) < 4.78 is 48.4. The number of phenolic OH excluding ortho intramolecular Hbond substituents is 2. The molecule has 0 bridgehead atoms. The number of phenols is 2. The van der Waals surface area contributed by atoms with Crippen LogP contribution in [0.1, 0.15) is 122 Å². The molecule has 2 aliphatic heterocycles. The summed E-state index contributed by atoms with van der Waals surface area (Å²) in [5, 5.41) is 42.5. The smallest absolute Gasteiger partial charge is 0.332 e. The van der Waals surface area contributed by atoms with Gasteiger partial charge in [-0.2, -0.15) is 0 Å². The van der Waals surface area contributed by atoms with Gasteiger partial charge in [0.25, 0.3) is 0 Å². The standard InChI is InChI=1S/C64H86N4O14/c1-41-20-25-64(80-39-41)42(2)61-58(82-64)37-51-48-15-14-45-35-47(21-23-62(45,3)50(48)22-24-63(51,61)4)81-60(74)40-79-32-31-78-30-29-77-28-26-65-59(73)9-7-8-27-68-38-46(66-67-68)36-49(52(69)16-10-43-12-18-54(71)56(33-43)75-5)53(70)17-11-44-13-19-55(72)57(34-44)76-6/h10-14,16-19,33-34,38,41-42,47-48,50-51,58,61,69,71-72H,7-9,15,20-32,35-37,39-40H2,1-6H3,(H,65,73)/b16-10+,17-11+,52-49-/t41-,42+,47+,48-,50+,51+,58+,61+,62+,63+,64-/m1/s1. The molecule has 446 valence electrons. The predicted octanol–water partition coefficient (Wildman–Crippen LogP) is 9.67. The van der Waals surface area contributed by atoms with Crippen molar-refractivity contribution in [2.75, 3.05) is 67.0 Å². The van der Waals surface area contributed by atoms with Crippen LogP contribution in [0.2, 0.25) is 0 Å². The molecule has 18 heteroatoms. The number of ether oxygens (including phenoxy) is 8. The number of hydrogen-bond donors (Lipinski definition) is 4. The van der Waals surface area contributed by atoms with Crippen molar-refractivity contribution in [3.05, 3.63) is 94.5 Å². The van der Waals surface area contributed by atoms with Gasteiger partial charge in [0, 0.05) is 56.5 Å². The van der Waals surface area contributed by atoms with Crippen molar-refractivity contribution in [2.45, 2.75) is 136 Å². The summed E-state index contributed by atoms with van der Waals surface area (Å²) in [5.74, 6) is 2.44. The quantitative estimate of drug-likeness (QED) is 0.0146. The number of carbonyl (C=O) groups is 3. The summed E-state index contributed by atoms with van der Waals surface area (Å²) in [6.45, 7) is 13.0. The van der Waals surface area contributed by atoms with Crippen molar-refractivity contribution >= 4 is 29.8 Å². The topological polar surface area (TPSA) is 228 Å². The van der Waals surface area contributed by atoms with E-state index in [9.17, 15) is 29.7 Å². The number of esters is 1. The van der Waals surface area contributed by atoms with E-state index in [4.69, 9.17) is 37.9 Å². The van der Waals surface area contributed by atoms with Crippen molar-refractivity contribution in [1.29, 1.82) is 0 Å². The number of benzene rings is 2. The summed E-state index contributed by atoms with van der Waals surface area (Å²) in [4.78, 5) is 39.0. The molecule has 82 heavy (non-hydrogen) atoms. The van der Waals surface area contributed by atoms with Crippen LogP contribution in [0.4, 0.5) is 0 Å². The van der Waals surface area contributed by atoms with E-state index in [-0.39, 0.29) is 88.6 Å². The lowest BCUT2D eigenvalue weighted by Gasteiger charge is -2.58. The number of aromatic hydroxyl groups is 2. The summed E-state index contributed by atoms with van der Waals surface area (Å²) in [6, 6.07) is 9.35. The van der Waals surface area contributed by atoms with Gasteiger partial charge in [-0.3, -0.25) is 14.3 Å². The number of carbonyl (C=O) groups excluding carboxylic acids is 3.